The van der Waals surface area contributed by atoms with Crippen molar-refractivity contribution < 1.29 is 22.7 Å². The van der Waals surface area contributed by atoms with Crippen LogP contribution in [0.5, 0.6) is 5.75 Å². The summed E-state index contributed by atoms with van der Waals surface area (Å²) in [5.41, 5.74) is 0.677. The van der Waals surface area contributed by atoms with E-state index < -0.39 is 12.8 Å². The summed E-state index contributed by atoms with van der Waals surface area (Å²) in [6.45, 7) is -0.633. The summed E-state index contributed by atoms with van der Waals surface area (Å²) in [6, 6.07) is 5.79. The molecule has 1 aromatic carbocycles. The summed E-state index contributed by atoms with van der Waals surface area (Å²) in [5, 5.41) is 5.89. The van der Waals surface area contributed by atoms with E-state index in [1.807, 2.05) is 0 Å². The zero-order valence-corrected chi connectivity index (χ0v) is 11.4. The highest BCUT2D eigenvalue weighted by Crippen LogP contribution is 2.21. The lowest BCUT2D eigenvalue weighted by molar-refractivity contribution is -0.153. The molecule has 0 aliphatic carbocycles. The second-order valence-electron chi connectivity index (χ2n) is 4.91. The molecular formula is C14H17F3N2O2. The van der Waals surface area contributed by atoms with Crippen LogP contribution in [0.15, 0.2) is 24.3 Å². The number of amides is 1. The van der Waals surface area contributed by atoms with Crippen LogP contribution >= 0.6 is 0 Å². The summed E-state index contributed by atoms with van der Waals surface area (Å²) in [4.78, 5) is 11.8. The van der Waals surface area contributed by atoms with Crippen LogP contribution in [0.25, 0.3) is 0 Å². The Bertz CT molecular complexity index is 474. The van der Waals surface area contributed by atoms with Gasteiger partial charge in [-0.15, -0.1) is 0 Å². The van der Waals surface area contributed by atoms with Crippen LogP contribution in [0, 0.1) is 0 Å². The lowest BCUT2D eigenvalue weighted by atomic mass is 10.1. The molecule has 0 aromatic heterocycles. The zero-order valence-electron chi connectivity index (χ0n) is 11.4. The van der Waals surface area contributed by atoms with Crippen molar-refractivity contribution in [3.8, 4) is 5.75 Å². The molecule has 1 amide bonds. The predicted octanol–water partition coefficient (Wildman–Crippen LogP) is 2.71. The van der Waals surface area contributed by atoms with Gasteiger partial charge in [0, 0.05) is 12.2 Å². The molecule has 116 valence electrons. The number of ether oxygens (including phenoxy) is 1. The average molecular weight is 302 g/mol. The van der Waals surface area contributed by atoms with Crippen LogP contribution in [0.2, 0.25) is 0 Å². The summed E-state index contributed by atoms with van der Waals surface area (Å²) in [6.07, 6.45) is -1.72. The third kappa shape index (κ3) is 5.17. The first-order chi connectivity index (χ1) is 9.94. The second-order valence-corrected chi connectivity index (χ2v) is 4.91. The summed E-state index contributed by atoms with van der Waals surface area (Å²) < 4.78 is 40.7. The number of carbonyl (C=O) groups is 1. The highest BCUT2D eigenvalue weighted by atomic mass is 19.4. The molecule has 4 nitrogen and oxygen atoms in total. The largest absolute Gasteiger partial charge is 0.484 e. The first-order valence-electron chi connectivity index (χ1n) is 6.78. The zero-order chi connectivity index (χ0) is 15.3. The third-order valence-corrected chi connectivity index (χ3v) is 3.13. The third-order valence-electron chi connectivity index (χ3n) is 3.13. The number of rotatable bonds is 4. The lowest BCUT2D eigenvalue weighted by Crippen LogP contribution is -2.37. The van der Waals surface area contributed by atoms with E-state index in [4.69, 9.17) is 0 Å². The number of alkyl halides is 3. The monoisotopic (exact) mass is 302 g/mol. The summed E-state index contributed by atoms with van der Waals surface area (Å²) in [7, 11) is 0. The van der Waals surface area contributed by atoms with Crippen molar-refractivity contribution in [1.82, 2.24) is 5.32 Å². The highest BCUT2D eigenvalue weighted by Gasteiger charge is 2.28. The number of anilines is 1. The van der Waals surface area contributed by atoms with Crippen LogP contribution in [-0.4, -0.2) is 31.3 Å². The van der Waals surface area contributed by atoms with Gasteiger partial charge in [-0.3, -0.25) is 4.79 Å². The van der Waals surface area contributed by atoms with Crippen molar-refractivity contribution in [2.45, 2.75) is 31.5 Å². The van der Waals surface area contributed by atoms with Gasteiger partial charge in [-0.05, 0) is 43.5 Å². The normalized spacial score (nSPS) is 19.6. The Balaban J connectivity index is 1.91. The number of carbonyl (C=O) groups excluding carboxylic acids is 1. The first-order valence-corrected chi connectivity index (χ1v) is 6.78. The van der Waals surface area contributed by atoms with Gasteiger partial charge in [-0.25, -0.2) is 0 Å². The number of nitrogens with one attached hydrogen (secondary N) is 2. The Kier molecular flexibility index (Phi) is 4.93. The molecule has 1 atom stereocenters. The van der Waals surface area contributed by atoms with Crippen LogP contribution in [-0.2, 0) is 4.79 Å². The second kappa shape index (κ2) is 6.69. The fourth-order valence-corrected chi connectivity index (χ4v) is 2.09. The van der Waals surface area contributed by atoms with Crippen molar-refractivity contribution in [3.63, 3.8) is 0 Å². The van der Waals surface area contributed by atoms with E-state index in [0.29, 0.717) is 12.2 Å². The minimum absolute atomic E-state index is 0.0510. The highest BCUT2D eigenvalue weighted by molar-refractivity contribution is 5.84. The lowest BCUT2D eigenvalue weighted by Gasteiger charge is -2.17. The molecule has 0 spiro atoms. The van der Waals surface area contributed by atoms with Gasteiger partial charge in [0.1, 0.15) is 11.8 Å². The van der Waals surface area contributed by atoms with Gasteiger partial charge in [-0.1, -0.05) is 0 Å². The topological polar surface area (TPSA) is 50.4 Å². The van der Waals surface area contributed by atoms with E-state index in [0.717, 1.165) is 19.3 Å². The SMILES string of the molecule is O=C1NCCCCC1Nc1ccc(OCC(F)(F)F)cc1. The minimum Gasteiger partial charge on any atom is -0.484 e. The Morgan fingerprint density at radius 3 is 2.62 bits per heavy atom. The smallest absolute Gasteiger partial charge is 0.422 e. The van der Waals surface area contributed by atoms with Gasteiger partial charge in [0.25, 0.3) is 0 Å². The standard InChI is InChI=1S/C14H17F3N2O2/c15-14(16,17)9-21-11-6-4-10(5-7-11)19-12-3-1-2-8-18-13(12)20/h4-7,12,19H,1-3,8-9H2,(H,18,20). The Morgan fingerprint density at radius 1 is 1.24 bits per heavy atom. The molecule has 1 aliphatic rings. The van der Waals surface area contributed by atoms with E-state index in [1.54, 1.807) is 12.1 Å². The van der Waals surface area contributed by atoms with E-state index in [9.17, 15) is 18.0 Å². The number of hydrogen-bond acceptors (Lipinski definition) is 3. The molecule has 0 saturated carbocycles. The predicted molar refractivity (Wildman–Crippen MR) is 72.3 cm³/mol. The maximum Gasteiger partial charge on any atom is 0.422 e. The van der Waals surface area contributed by atoms with Crippen molar-refractivity contribution in [1.29, 1.82) is 0 Å². The van der Waals surface area contributed by atoms with E-state index in [2.05, 4.69) is 15.4 Å². The molecule has 2 N–H and O–H groups in total. The molecule has 0 bridgehead atoms. The maximum absolute atomic E-state index is 12.0. The molecule has 7 heteroatoms. The maximum atomic E-state index is 12.0. The molecule has 1 aliphatic heterocycles. The van der Waals surface area contributed by atoms with Crippen LogP contribution in [0.3, 0.4) is 0 Å². The van der Waals surface area contributed by atoms with Crippen molar-refractivity contribution >= 4 is 11.6 Å². The molecule has 1 aromatic rings. The van der Waals surface area contributed by atoms with Gasteiger partial charge in [-0.2, -0.15) is 13.2 Å². The fourth-order valence-electron chi connectivity index (χ4n) is 2.09. The molecular weight excluding hydrogens is 285 g/mol. The fraction of sp³-hybridized carbons (Fsp3) is 0.500. The van der Waals surface area contributed by atoms with E-state index in [1.165, 1.54) is 12.1 Å². The summed E-state index contributed by atoms with van der Waals surface area (Å²) >= 11 is 0. The van der Waals surface area contributed by atoms with Crippen molar-refractivity contribution in [2.24, 2.45) is 0 Å². The average Bonchev–Trinajstić information content (AvgIpc) is 2.63. The molecule has 1 heterocycles. The number of halogens is 3. The summed E-state index contributed by atoms with van der Waals surface area (Å²) in [5.74, 6) is 0.0908. The molecule has 1 unspecified atom stereocenters. The van der Waals surface area contributed by atoms with Crippen LogP contribution in [0.1, 0.15) is 19.3 Å². The molecule has 1 saturated heterocycles. The quantitative estimate of drug-likeness (QED) is 0.899. The van der Waals surface area contributed by atoms with Crippen molar-refractivity contribution in [2.75, 3.05) is 18.5 Å². The Hall–Kier alpha value is -1.92. The number of benzene rings is 1. The Labute approximate surface area is 120 Å². The van der Waals surface area contributed by atoms with Crippen LogP contribution in [0.4, 0.5) is 18.9 Å². The van der Waals surface area contributed by atoms with Crippen molar-refractivity contribution in [3.05, 3.63) is 24.3 Å². The molecule has 21 heavy (non-hydrogen) atoms. The van der Waals surface area contributed by atoms with Crippen LogP contribution < -0.4 is 15.4 Å². The van der Waals surface area contributed by atoms with Gasteiger partial charge in [0.2, 0.25) is 5.91 Å². The minimum atomic E-state index is -4.35. The Morgan fingerprint density at radius 2 is 1.95 bits per heavy atom. The van der Waals surface area contributed by atoms with Gasteiger partial charge >= 0.3 is 6.18 Å². The number of hydrogen-bond donors (Lipinski definition) is 2. The molecule has 0 radical (unpaired) electrons. The van der Waals surface area contributed by atoms with E-state index >= 15 is 0 Å². The van der Waals surface area contributed by atoms with Gasteiger partial charge in [0.15, 0.2) is 6.61 Å². The van der Waals surface area contributed by atoms with Gasteiger partial charge in [0.05, 0.1) is 0 Å². The first kappa shape index (κ1) is 15.5. The van der Waals surface area contributed by atoms with E-state index in [-0.39, 0.29) is 17.7 Å². The van der Waals surface area contributed by atoms with Gasteiger partial charge < -0.3 is 15.4 Å². The molecule has 2 rings (SSSR count). The molecule has 1 fully saturated rings.